The predicted octanol–water partition coefficient (Wildman–Crippen LogP) is 4.00. The second-order valence-electron chi connectivity index (χ2n) is 7.25. The molecule has 2 aliphatic rings. The third kappa shape index (κ3) is 2.44. The summed E-state index contributed by atoms with van der Waals surface area (Å²) in [5.74, 6) is 1.48. The normalized spacial score (nSPS) is 31.1. The Hall–Kier alpha value is -1.06. The first-order valence-electron chi connectivity index (χ1n) is 8.74. The van der Waals surface area contributed by atoms with Crippen molar-refractivity contribution < 1.29 is 9.94 Å². The molecule has 0 heterocycles. The Morgan fingerprint density at radius 1 is 1.32 bits per heavy atom. The minimum absolute atomic E-state index is 0.00806. The molecule has 3 unspecified atom stereocenters. The van der Waals surface area contributed by atoms with E-state index < -0.39 is 0 Å². The van der Waals surface area contributed by atoms with Crippen molar-refractivity contribution in [3.63, 3.8) is 0 Å². The van der Waals surface area contributed by atoms with Crippen LogP contribution < -0.4 is 10.2 Å². The maximum absolute atomic E-state index is 9.88. The van der Waals surface area contributed by atoms with E-state index in [9.17, 15) is 5.21 Å². The van der Waals surface area contributed by atoms with Crippen LogP contribution in [-0.4, -0.2) is 18.4 Å². The Morgan fingerprint density at radius 2 is 2.14 bits per heavy atom. The molecule has 22 heavy (non-hydrogen) atoms. The Labute approximate surface area is 134 Å². The van der Waals surface area contributed by atoms with Gasteiger partial charge in [0.05, 0.1) is 7.11 Å². The van der Waals surface area contributed by atoms with Crippen molar-refractivity contribution in [3.8, 4) is 5.75 Å². The highest BCUT2D eigenvalue weighted by Crippen LogP contribution is 2.48. The highest BCUT2D eigenvalue weighted by Gasteiger charge is 2.46. The van der Waals surface area contributed by atoms with E-state index in [1.807, 2.05) is 0 Å². The summed E-state index contributed by atoms with van der Waals surface area (Å²) in [6, 6.07) is 4.57. The molecule has 3 atom stereocenters. The Morgan fingerprint density at radius 3 is 2.82 bits per heavy atom. The minimum Gasteiger partial charge on any atom is -0.497 e. The van der Waals surface area contributed by atoms with Crippen molar-refractivity contribution in [2.24, 2.45) is 5.92 Å². The first-order chi connectivity index (χ1) is 10.6. The monoisotopic (exact) mass is 303 g/mol. The van der Waals surface area contributed by atoms with E-state index in [1.54, 1.807) is 7.11 Å². The number of hydrogen-bond donors (Lipinski definition) is 2. The molecular weight excluding hydrogens is 274 g/mol. The van der Waals surface area contributed by atoms with E-state index in [0.717, 1.165) is 25.0 Å². The number of hydrogen-bond acceptors (Lipinski definition) is 3. The summed E-state index contributed by atoms with van der Waals surface area (Å²) in [6.07, 6.45) is 8.29. The molecule has 2 bridgehead atoms. The molecule has 3 nitrogen and oxygen atoms in total. The zero-order chi connectivity index (χ0) is 15.7. The quantitative estimate of drug-likeness (QED) is 0.829. The van der Waals surface area contributed by atoms with Crippen LogP contribution in [0.25, 0.3) is 0 Å². The lowest BCUT2D eigenvalue weighted by atomic mass is 9.59. The van der Waals surface area contributed by atoms with Gasteiger partial charge in [-0.05, 0) is 60.4 Å². The SMILES string of the molecule is CCc1cc(OC)cc2c1CC1CCCCCC2(C)C1NO. The molecule has 1 fully saturated rings. The number of methoxy groups -OCH3 is 1. The summed E-state index contributed by atoms with van der Waals surface area (Å²) in [5, 5.41) is 9.88. The number of fused-ring (bicyclic) bond motifs is 4. The number of nitrogens with one attached hydrogen (secondary N) is 1. The number of hydroxylamine groups is 1. The van der Waals surface area contributed by atoms with Crippen LogP contribution in [0.5, 0.6) is 5.75 Å². The molecule has 1 aromatic carbocycles. The van der Waals surface area contributed by atoms with Gasteiger partial charge in [0.2, 0.25) is 0 Å². The Kier molecular flexibility index (Phi) is 4.47. The minimum atomic E-state index is -0.00806. The Bertz CT molecular complexity index is 542. The summed E-state index contributed by atoms with van der Waals surface area (Å²) < 4.78 is 5.55. The van der Waals surface area contributed by atoms with E-state index in [0.29, 0.717) is 5.92 Å². The molecule has 0 aromatic heterocycles. The maximum atomic E-state index is 9.88. The van der Waals surface area contributed by atoms with Gasteiger partial charge in [0.15, 0.2) is 0 Å². The average molecular weight is 303 g/mol. The fraction of sp³-hybridized carbons (Fsp3) is 0.684. The van der Waals surface area contributed by atoms with E-state index in [2.05, 4.69) is 31.5 Å². The molecule has 0 aliphatic heterocycles. The molecule has 1 saturated carbocycles. The molecule has 0 amide bonds. The van der Waals surface area contributed by atoms with Crippen molar-refractivity contribution >= 4 is 0 Å². The van der Waals surface area contributed by atoms with Gasteiger partial charge in [-0.3, -0.25) is 0 Å². The van der Waals surface area contributed by atoms with Gasteiger partial charge in [-0.25, -0.2) is 5.48 Å². The van der Waals surface area contributed by atoms with E-state index in [1.165, 1.54) is 42.4 Å². The van der Waals surface area contributed by atoms with Crippen LogP contribution in [0.3, 0.4) is 0 Å². The predicted molar refractivity (Wildman–Crippen MR) is 88.7 cm³/mol. The topological polar surface area (TPSA) is 41.5 Å². The van der Waals surface area contributed by atoms with Gasteiger partial charge >= 0.3 is 0 Å². The summed E-state index contributed by atoms with van der Waals surface area (Å²) in [5.41, 5.74) is 7.01. The first kappa shape index (κ1) is 15.8. The molecule has 1 aromatic rings. The van der Waals surface area contributed by atoms with Crippen molar-refractivity contribution in [1.82, 2.24) is 5.48 Å². The molecule has 2 aliphatic carbocycles. The van der Waals surface area contributed by atoms with Crippen molar-refractivity contribution in [1.29, 1.82) is 0 Å². The number of rotatable bonds is 3. The third-order valence-electron chi connectivity index (χ3n) is 6.08. The number of aryl methyl sites for hydroxylation is 1. The fourth-order valence-corrected chi connectivity index (χ4v) is 4.84. The van der Waals surface area contributed by atoms with Crippen LogP contribution in [0.1, 0.15) is 62.6 Å². The molecule has 3 rings (SSSR count). The zero-order valence-electron chi connectivity index (χ0n) is 14.1. The van der Waals surface area contributed by atoms with Gasteiger partial charge < -0.3 is 9.94 Å². The molecule has 122 valence electrons. The second kappa shape index (κ2) is 6.21. The molecular formula is C19H29NO2. The maximum Gasteiger partial charge on any atom is 0.119 e. The summed E-state index contributed by atoms with van der Waals surface area (Å²) in [7, 11) is 1.75. The number of ether oxygens (including phenoxy) is 1. The second-order valence-corrected chi connectivity index (χ2v) is 7.25. The lowest BCUT2D eigenvalue weighted by molar-refractivity contribution is 0.0350. The lowest BCUT2D eigenvalue weighted by Gasteiger charge is -2.49. The van der Waals surface area contributed by atoms with E-state index >= 15 is 0 Å². The van der Waals surface area contributed by atoms with Crippen molar-refractivity contribution in [2.45, 2.75) is 70.3 Å². The van der Waals surface area contributed by atoms with Crippen LogP contribution in [0.2, 0.25) is 0 Å². The largest absolute Gasteiger partial charge is 0.497 e. The summed E-state index contributed by atoms with van der Waals surface area (Å²) in [4.78, 5) is 0. The Balaban J connectivity index is 2.18. The number of benzene rings is 1. The van der Waals surface area contributed by atoms with Gasteiger partial charge in [-0.15, -0.1) is 0 Å². The zero-order valence-corrected chi connectivity index (χ0v) is 14.1. The smallest absolute Gasteiger partial charge is 0.119 e. The lowest BCUT2D eigenvalue weighted by Crippen LogP contribution is -2.54. The van der Waals surface area contributed by atoms with Crippen molar-refractivity contribution in [3.05, 3.63) is 28.8 Å². The van der Waals surface area contributed by atoms with Crippen molar-refractivity contribution in [2.75, 3.05) is 7.11 Å². The molecule has 3 heteroatoms. The fourth-order valence-electron chi connectivity index (χ4n) is 4.84. The van der Waals surface area contributed by atoms with Gasteiger partial charge in [-0.1, -0.05) is 33.1 Å². The van der Waals surface area contributed by atoms with Gasteiger partial charge in [0.25, 0.3) is 0 Å². The standard InChI is InChI=1S/C19H29NO2/c1-4-13-10-15(22-3)12-17-16(13)11-14-8-6-5-7-9-19(17,2)18(14)20-21/h10,12,14,18,20-21H,4-9,11H2,1-3H3. The average Bonchev–Trinajstić information content (AvgIpc) is 2.53. The van der Waals surface area contributed by atoms with E-state index in [4.69, 9.17) is 4.74 Å². The van der Waals surface area contributed by atoms with Gasteiger partial charge in [0.1, 0.15) is 5.75 Å². The summed E-state index contributed by atoms with van der Waals surface area (Å²) >= 11 is 0. The van der Waals surface area contributed by atoms with E-state index in [-0.39, 0.29) is 11.5 Å². The molecule has 2 N–H and O–H groups in total. The van der Waals surface area contributed by atoms with Gasteiger partial charge in [-0.2, -0.15) is 0 Å². The van der Waals surface area contributed by atoms with Crippen LogP contribution in [0.4, 0.5) is 0 Å². The first-order valence-corrected chi connectivity index (χ1v) is 8.74. The summed E-state index contributed by atoms with van der Waals surface area (Å²) in [6.45, 7) is 4.56. The van der Waals surface area contributed by atoms with Gasteiger partial charge in [0, 0.05) is 11.5 Å². The molecule has 0 saturated heterocycles. The third-order valence-corrected chi connectivity index (χ3v) is 6.08. The molecule has 0 radical (unpaired) electrons. The molecule has 0 spiro atoms. The van der Waals surface area contributed by atoms with Crippen LogP contribution in [-0.2, 0) is 18.3 Å². The van der Waals surface area contributed by atoms with Crippen LogP contribution >= 0.6 is 0 Å². The highest BCUT2D eigenvalue weighted by molar-refractivity contribution is 5.49. The van der Waals surface area contributed by atoms with Crippen LogP contribution in [0, 0.1) is 5.92 Å². The van der Waals surface area contributed by atoms with Crippen LogP contribution in [0.15, 0.2) is 12.1 Å². The highest BCUT2D eigenvalue weighted by atomic mass is 16.5.